The summed E-state index contributed by atoms with van der Waals surface area (Å²) in [6, 6.07) is 3.47. The first-order valence-electron chi connectivity index (χ1n) is 5.15. The first-order chi connectivity index (χ1) is 7.18. The van der Waals surface area contributed by atoms with Gasteiger partial charge < -0.3 is 9.84 Å². The summed E-state index contributed by atoms with van der Waals surface area (Å²) in [5.74, 6) is 0.697. The molecule has 2 rings (SSSR count). The number of hydrogen-bond acceptors (Lipinski definition) is 3. The molecule has 0 bridgehead atoms. The van der Waals surface area contributed by atoms with E-state index >= 15 is 0 Å². The Bertz CT molecular complexity index is 322. The standard InChI is InChI=1S/C11H14ClNO2/c12-10-3-2-9(8-13-10)15-7-6-11(14)4-1-5-11/h2-3,8,14H,1,4-7H2. The van der Waals surface area contributed by atoms with Gasteiger partial charge in [-0.1, -0.05) is 11.6 Å². The van der Waals surface area contributed by atoms with Crippen molar-refractivity contribution in [2.75, 3.05) is 6.61 Å². The van der Waals surface area contributed by atoms with Gasteiger partial charge in [-0.3, -0.25) is 0 Å². The van der Waals surface area contributed by atoms with Crippen LogP contribution in [0, 0.1) is 0 Å². The van der Waals surface area contributed by atoms with Crippen LogP contribution in [0.3, 0.4) is 0 Å². The first-order valence-corrected chi connectivity index (χ1v) is 5.53. The highest BCUT2D eigenvalue weighted by Crippen LogP contribution is 2.34. The minimum Gasteiger partial charge on any atom is -0.492 e. The third-order valence-electron chi connectivity index (χ3n) is 2.82. The Morgan fingerprint density at radius 1 is 1.47 bits per heavy atom. The molecule has 0 saturated heterocycles. The molecule has 0 aliphatic heterocycles. The second-order valence-electron chi connectivity index (χ2n) is 3.99. The Balaban J connectivity index is 1.76. The largest absolute Gasteiger partial charge is 0.492 e. The SMILES string of the molecule is OC1(CCOc2ccc(Cl)nc2)CCC1. The molecule has 1 aliphatic rings. The fraction of sp³-hybridized carbons (Fsp3) is 0.545. The van der Waals surface area contributed by atoms with Crippen LogP contribution in [0.15, 0.2) is 18.3 Å². The van der Waals surface area contributed by atoms with Gasteiger partial charge in [-0.25, -0.2) is 4.98 Å². The van der Waals surface area contributed by atoms with Gasteiger partial charge in [0.25, 0.3) is 0 Å². The number of pyridine rings is 1. The summed E-state index contributed by atoms with van der Waals surface area (Å²) in [6.07, 6.45) is 5.20. The van der Waals surface area contributed by atoms with E-state index in [4.69, 9.17) is 16.3 Å². The molecule has 82 valence electrons. The van der Waals surface area contributed by atoms with Gasteiger partial charge >= 0.3 is 0 Å². The Kier molecular flexibility index (Phi) is 3.12. The molecule has 1 saturated carbocycles. The quantitative estimate of drug-likeness (QED) is 0.804. The monoisotopic (exact) mass is 227 g/mol. The van der Waals surface area contributed by atoms with Gasteiger partial charge in [-0.05, 0) is 31.4 Å². The van der Waals surface area contributed by atoms with Crippen molar-refractivity contribution in [2.45, 2.75) is 31.3 Å². The zero-order valence-corrected chi connectivity index (χ0v) is 9.20. The maximum absolute atomic E-state index is 9.82. The van der Waals surface area contributed by atoms with Gasteiger partial charge in [0.05, 0.1) is 18.4 Å². The second-order valence-corrected chi connectivity index (χ2v) is 4.38. The molecule has 0 amide bonds. The van der Waals surface area contributed by atoms with Crippen LogP contribution in [0.5, 0.6) is 5.75 Å². The molecule has 0 unspecified atom stereocenters. The predicted octanol–water partition coefficient (Wildman–Crippen LogP) is 2.42. The molecule has 3 nitrogen and oxygen atoms in total. The van der Waals surface area contributed by atoms with E-state index in [1.807, 2.05) is 0 Å². The number of hydrogen-bond donors (Lipinski definition) is 1. The molecule has 1 aliphatic carbocycles. The van der Waals surface area contributed by atoms with E-state index in [0.29, 0.717) is 23.9 Å². The summed E-state index contributed by atoms with van der Waals surface area (Å²) in [7, 11) is 0. The van der Waals surface area contributed by atoms with E-state index in [9.17, 15) is 5.11 Å². The highest BCUT2D eigenvalue weighted by atomic mass is 35.5. The summed E-state index contributed by atoms with van der Waals surface area (Å²) in [5, 5.41) is 10.3. The Labute approximate surface area is 94.0 Å². The average molecular weight is 228 g/mol. The van der Waals surface area contributed by atoms with E-state index in [-0.39, 0.29) is 0 Å². The van der Waals surface area contributed by atoms with Crippen LogP contribution in [0.4, 0.5) is 0 Å². The number of halogens is 1. The summed E-state index contributed by atoms with van der Waals surface area (Å²) >= 11 is 5.64. The normalized spacial score (nSPS) is 18.3. The van der Waals surface area contributed by atoms with Crippen molar-refractivity contribution >= 4 is 11.6 Å². The molecule has 15 heavy (non-hydrogen) atoms. The zero-order chi connectivity index (χ0) is 10.7. The average Bonchev–Trinajstić information content (AvgIpc) is 2.19. The van der Waals surface area contributed by atoms with Crippen molar-refractivity contribution in [3.05, 3.63) is 23.5 Å². The lowest BCUT2D eigenvalue weighted by atomic mass is 9.78. The van der Waals surface area contributed by atoms with E-state index in [2.05, 4.69) is 4.98 Å². The highest BCUT2D eigenvalue weighted by Gasteiger charge is 2.33. The van der Waals surface area contributed by atoms with Crippen LogP contribution in [0.2, 0.25) is 5.15 Å². The third kappa shape index (κ3) is 2.83. The van der Waals surface area contributed by atoms with E-state index in [0.717, 1.165) is 19.3 Å². The Morgan fingerprint density at radius 3 is 2.80 bits per heavy atom. The number of ether oxygens (including phenoxy) is 1. The summed E-state index contributed by atoms with van der Waals surface area (Å²) in [4.78, 5) is 3.91. The van der Waals surface area contributed by atoms with Gasteiger partial charge in [0, 0.05) is 6.42 Å². The van der Waals surface area contributed by atoms with Crippen molar-refractivity contribution in [1.29, 1.82) is 0 Å². The van der Waals surface area contributed by atoms with Crippen LogP contribution in [0.25, 0.3) is 0 Å². The molecule has 0 aromatic carbocycles. The molecule has 1 N–H and O–H groups in total. The fourth-order valence-electron chi connectivity index (χ4n) is 1.64. The van der Waals surface area contributed by atoms with Crippen LogP contribution in [0.1, 0.15) is 25.7 Å². The predicted molar refractivity (Wildman–Crippen MR) is 58.2 cm³/mol. The molecule has 4 heteroatoms. The molecular formula is C11H14ClNO2. The van der Waals surface area contributed by atoms with E-state index in [1.165, 1.54) is 0 Å². The smallest absolute Gasteiger partial charge is 0.137 e. The Morgan fingerprint density at radius 2 is 2.27 bits per heavy atom. The van der Waals surface area contributed by atoms with Crippen LogP contribution < -0.4 is 4.74 Å². The number of aromatic nitrogens is 1. The van der Waals surface area contributed by atoms with Gasteiger partial charge in [0.1, 0.15) is 10.9 Å². The van der Waals surface area contributed by atoms with Crippen molar-refractivity contribution in [3.63, 3.8) is 0 Å². The molecule has 0 atom stereocenters. The summed E-state index contributed by atoms with van der Waals surface area (Å²) in [5.41, 5.74) is -0.472. The maximum atomic E-state index is 9.82. The molecule has 0 spiro atoms. The van der Waals surface area contributed by atoms with Crippen molar-refractivity contribution in [2.24, 2.45) is 0 Å². The number of nitrogens with zero attached hydrogens (tertiary/aromatic N) is 1. The van der Waals surface area contributed by atoms with Crippen molar-refractivity contribution in [3.8, 4) is 5.75 Å². The lowest BCUT2D eigenvalue weighted by Crippen LogP contribution is -2.38. The number of rotatable bonds is 4. The van der Waals surface area contributed by atoms with E-state index < -0.39 is 5.60 Å². The molecule has 1 fully saturated rings. The molecule has 1 aromatic heterocycles. The van der Waals surface area contributed by atoms with E-state index in [1.54, 1.807) is 18.3 Å². The maximum Gasteiger partial charge on any atom is 0.137 e. The van der Waals surface area contributed by atoms with Crippen LogP contribution in [-0.4, -0.2) is 22.3 Å². The lowest BCUT2D eigenvalue weighted by Gasteiger charge is -2.36. The second kappa shape index (κ2) is 4.37. The topological polar surface area (TPSA) is 42.4 Å². The first kappa shape index (κ1) is 10.7. The van der Waals surface area contributed by atoms with Crippen LogP contribution in [-0.2, 0) is 0 Å². The van der Waals surface area contributed by atoms with Gasteiger partial charge in [-0.15, -0.1) is 0 Å². The highest BCUT2D eigenvalue weighted by molar-refractivity contribution is 6.29. The molecule has 1 heterocycles. The van der Waals surface area contributed by atoms with Gasteiger partial charge in [0.15, 0.2) is 0 Å². The van der Waals surface area contributed by atoms with Crippen molar-refractivity contribution < 1.29 is 9.84 Å². The molecule has 1 aromatic rings. The van der Waals surface area contributed by atoms with Crippen LogP contribution >= 0.6 is 11.6 Å². The lowest BCUT2D eigenvalue weighted by molar-refractivity contribution is -0.0482. The summed E-state index contributed by atoms with van der Waals surface area (Å²) in [6.45, 7) is 0.528. The van der Waals surface area contributed by atoms with Gasteiger partial charge in [-0.2, -0.15) is 0 Å². The minimum atomic E-state index is -0.472. The zero-order valence-electron chi connectivity index (χ0n) is 8.45. The molecular weight excluding hydrogens is 214 g/mol. The summed E-state index contributed by atoms with van der Waals surface area (Å²) < 4.78 is 5.45. The van der Waals surface area contributed by atoms with Crippen molar-refractivity contribution in [1.82, 2.24) is 4.98 Å². The van der Waals surface area contributed by atoms with Gasteiger partial charge in [0.2, 0.25) is 0 Å². The third-order valence-corrected chi connectivity index (χ3v) is 3.04. The Hall–Kier alpha value is -0.800. The molecule has 0 radical (unpaired) electrons. The minimum absolute atomic E-state index is 0.458. The fourth-order valence-corrected chi connectivity index (χ4v) is 1.75. The number of aliphatic hydroxyl groups is 1.